The van der Waals surface area contributed by atoms with Crippen LogP contribution in [0.15, 0.2) is 0 Å². The average Bonchev–Trinajstić information content (AvgIpc) is 2.56. The molecule has 2 atom stereocenters. The molecule has 1 aromatic heterocycles. The van der Waals surface area contributed by atoms with Crippen molar-refractivity contribution >= 4 is 0 Å². The van der Waals surface area contributed by atoms with Gasteiger partial charge >= 0.3 is 0 Å². The van der Waals surface area contributed by atoms with Gasteiger partial charge in [0, 0.05) is 24.7 Å². The molecular formula is C12H19N3. The minimum atomic E-state index is 0.341. The maximum absolute atomic E-state index is 6.03. The van der Waals surface area contributed by atoms with Gasteiger partial charge in [0.05, 0.1) is 5.69 Å². The van der Waals surface area contributed by atoms with Gasteiger partial charge in [-0.3, -0.25) is 0 Å². The normalized spacial score (nSPS) is 29.7. The fraction of sp³-hybridized carbons (Fsp3) is 0.750. The van der Waals surface area contributed by atoms with Crippen molar-refractivity contribution in [2.45, 2.75) is 51.6 Å². The topological polar surface area (TPSA) is 43.8 Å². The van der Waals surface area contributed by atoms with Crippen LogP contribution in [0.2, 0.25) is 0 Å². The van der Waals surface area contributed by atoms with Crippen LogP contribution in [0, 0.1) is 5.92 Å². The lowest BCUT2D eigenvalue weighted by Crippen LogP contribution is -2.33. The molecule has 2 aliphatic rings. The molecule has 15 heavy (non-hydrogen) atoms. The quantitative estimate of drug-likeness (QED) is 0.693. The zero-order chi connectivity index (χ0) is 10.4. The molecule has 82 valence electrons. The lowest BCUT2D eigenvalue weighted by Gasteiger charge is -2.24. The standard InChI is InChI=1S/C12H19N3/c1-8-2-4-10-11(6-8)15-7-9(13)3-5-12(15)14-10/h8-9H,2-7,13H2,1H3. The Morgan fingerprint density at radius 1 is 1.33 bits per heavy atom. The van der Waals surface area contributed by atoms with Gasteiger partial charge in [-0.15, -0.1) is 0 Å². The number of rotatable bonds is 0. The zero-order valence-electron chi connectivity index (χ0n) is 9.37. The molecule has 0 saturated carbocycles. The molecule has 2 heterocycles. The summed E-state index contributed by atoms with van der Waals surface area (Å²) in [5, 5.41) is 0. The summed E-state index contributed by atoms with van der Waals surface area (Å²) in [5.41, 5.74) is 8.87. The molecule has 0 saturated heterocycles. The van der Waals surface area contributed by atoms with Crippen LogP contribution < -0.4 is 5.73 Å². The van der Waals surface area contributed by atoms with Crippen molar-refractivity contribution < 1.29 is 0 Å². The average molecular weight is 205 g/mol. The molecule has 0 spiro atoms. The van der Waals surface area contributed by atoms with E-state index in [4.69, 9.17) is 10.7 Å². The molecule has 0 aromatic carbocycles. The first kappa shape index (κ1) is 9.40. The molecule has 1 aliphatic carbocycles. The molecule has 2 N–H and O–H groups in total. The van der Waals surface area contributed by atoms with E-state index in [1.807, 2.05) is 0 Å². The molecule has 2 unspecified atom stereocenters. The van der Waals surface area contributed by atoms with Gasteiger partial charge in [0.15, 0.2) is 0 Å². The first-order valence-electron chi connectivity index (χ1n) is 6.06. The number of hydrogen-bond acceptors (Lipinski definition) is 2. The van der Waals surface area contributed by atoms with Crippen LogP contribution >= 0.6 is 0 Å². The molecule has 1 aliphatic heterocycles. The molecule has 3 nitrogen and oxygen atoms in total. The second-order valence-electron chi connectivity index (χ2n) is 5.18. The number of hydrogen-bond donors (Lipinski definition) is 1. The second-order valence-corrected chi connectivity index (χ2v) is 5.18. The number of imidazole rings is 1. The summed E-state index contributed by atoms with van der Waals surface area (Å²) in [6, 6.07) is 0.341. The monoisotopic (exact) mass is 205 g/mol. The minimum absolute atomic E-state index is 0.341. The van der Waals surface area contributed by atoms with E-state index >= 15 is 0 Å². The van der Waals surface area contributed by atoms with Crippen LogP contribution in [-0.2, 0) is 25.8 Å². The van der Waals surface area contributed by atoms with E-state index in [0.717, 1.165) is 25.3 Å². The van der Waals surface area contributed by atoms with Gasteiger partial charge in [-0.05, 0) is 31.6 Å². The zero-order valence-corrected chi connectivity index (χ0v) is 9.37. The van der Waals surface area contributed by atoms with Crippen molar-refractivity contribution in [3.05, 3.63) is 17.2 Å². The van der Waals surface area contributed by atoms with Gasteiger partial charge in [-0.2, -0.15) is 0 Å². The fourth-order valence-electron chi connectivity index (χ4n) is 2.88. The lowest BCUT2D eigenvalue weighted by atomic mass is 9.91. The third-order valence-corrected chi connectivity index (χ3v) is 3.81. The van der Waals surface area contributed by atoms with Crippen molar-refractivity contribution in [1.29, 1.82) is 0 Å². The summed E-state index contributed by atoms with van der Waals surface area (Å²) in [7, 11) is 0. The summed E-state index contributed by atoms with van der Waals surface area (Å²) < 4.78 is 2.40. The first-order chi connectivity index (χ1) is 7.24. The second kappa shape index (κ2) is 3.34. The third kappa shape index (κ3) is 1.49. The van der Waals surface area contributed by atoms with E-state index in [1.54, 1.807) is 0 Å². The molecule has 3 rings (SSSR count). The summed E-state index contributed by atoms with van der Waals surface area (Å²) in [4.78, 5) is 4.77. The smallest absolute Gasteiger partial charge is 0.109 e. The number of fused-ring (bicyclic) bond motifs is 3. The lowest BCUT2D eigenvalue weighted by molar-refractivity contribution is 0.422. The van der Waals surface area contributed by atoms with Gasteiger partial charge in [-0.25, -0.2) is 4.98 Å². The Morgan fingerprint density at radius 3 is 3.07 bits per heavy atom. The van der Waals surface area contributed by atoms with E-state index in [-0.39, 0.29) is 0 Å². The highest BCUT2D eigenvalue weighted by molar-refractivity contribution is 5.22. The molecule has 0 amide bonds. The number of nitrogens with zero attached hydrogens (tertiary/aromatic N) is 2. The van der Waals surface area contributed by atoms with Gasteiger partial charge in [0.25, 0.3) is 0 Å². The molecule has 3 heteroatoms. The van der Waals surface area contributed by atoms with Gasteiger partial charge in [0.2, 0.25) is 0 Å². The fourth-order valence-corrected chi connectivity index (χ4v) is 2.88. The summed E-state index contributed by atoms with van der Waals surface area (Å²) in [5.74, 6) is 2.10. The highest BCUT2D eigenvalue weighted by atomic mass is 15.1. The molecule has 0 radical (unpaired) electrons. The van der Waals surface area contributed by atoms with Crippen LogP contribution in [0.4, 0.5) is 0 Å². The van der Waals surface area contributed by atoms with Gasteiger partial charge in [0.1, 0.15) is 5.82 Å². The van der Waals surface area contributed by atoms with Crippen molar-refractivity contribution in [3.8, 4) is 0 Å². The Hall–Kier alpha value is -0.830. The van der Waals surface area contributed by atoms with Crippen LogP contribution in [0.3, 0.4) is 0 Å². The molecule has 1 aromatic rings. The van der Waals surface area contributed by atoms with E-state index in [0.29, 0.717) is 6.04 Å². The number of aromatic nitrogens is 2. The highest BCUT2D eigenvalue weighted by Gasteiger charge is 2.26. The van der Waals surface area contributed by atoms with Crippen molar-refractivity contribution in [1.82, 2.24) is 9.55 Å². The minimum Gasteiger partial charge on any atom is -0.330 e. The Bertz CT molecular complexity index is 346. The van der Waals surface area contributed by atoms with Crippen LogP contribution in [0.1, 0.15) is 37.0 Å². The Balaban J connectivity index is 2.02. The third-order valence-electron chi connectivity index (χ3n) is 3.81. The van der Waals surface area contributed by atoms with Crippen molar-refractivity contribution in [2.24, 2.45) is 11.7 Å². The van der Waals surface area contributed by atoms with Crippen LogP contribution in [0.5, 0.6) is 0 Å². The van der Waals surface area contributed by atoms with Crippen LogP contribution in [-0.4, -0.2) is 15.6 Å². The largest absolute Gasteiger partial charge is 0.330 e. The van der Waals surface area contributed by atoms with E-state index in [2.05, 4.69) is 11.5 Å². The maximum atomic E-state index is 6.03. The van der Waals surface area contributed by atoms with Crippen LogP contribution in [0.25, 0.3) is 0 Å². The van der Waals surface area contributed by atoms with E-state index in [1.165, 1.54) is 36.5 Å². The number of aryl methyl sites for hydroxylation is 2. The van der Waals surface area contributed by atoms with E-state index in [9.17, 15) is 0 Å². The molecular weight excluding hydrogens is 186 g/mol. The molecule has 0 fully saturated rings. The highest BCUT2D eigenvalue weighted by Crippen LogP contribution is 2.28. The number of nitrogens with two attached hydrogens (primary N) is 1. The first-order valence-corrected chi connectivity index (χ1v) is 6.06. The van der Waals surface area contributed by atoms with Gasteiger partial charge < -0.3 is 10.3 Å². The predicted molar refractivity (Wildman–Crippen MR) is 59.7 cm³/mol. The predicted octanol–water partition coefficient (Wildman–Crippen LogP) is 1.28. The summed E-state index contributed by atoms with van der Waals surface area (Å²) in [6.07, 6.45) is 5.85. The Labute approximate surface area is 90.7 Å². The summed E-state index contributed by atoms with van der Waals surface area (Å²) >= 11 is 0. The van der Waals surface area contributed by atoms with Crippen molar-refractivity contribution in [2.75, 3.05) is 0 Å². The SMILES string of the molecule is CC1CCc2nc3n(c2C1)CC(N)CC3. The Kier molecular flexibility index (Phi) is 2.09. The maximum Gasteiger partial charge on any atom is 0.109 e. The Morgan fingerprint density at radius 2 is 2.20 bits per heavy atom. The van der Waals surface area contributed by atoms with Gasteiger partial charge in [-0.1, -0.05) is 6.92 Å². The molecule has 0 bridgehead atoms. The van der Waals surface area contributed by atoms with Crippen molar-refractivity contribution in [3.63, 3.8) is 0 Å². The summed E-state index contributed by atoms with van der Waals surface area (Å²) in [6.45, 7) is 3.33. The van der Waals surface area contributed by atoms with E-state index < -0.39 is 0 Å².